The summed E-state index contributed by atoms with van der Waals surface area (Å²) in [6.07, 6.45) is 6.19. The van der Waals surface area contributed by atoms with Gasteiger partial charge in [-0.2, -0.15) is 15.5 Å². The molecule has 1 aliphatic rings. The summed E-state index contributed by atoms with van der Waals surface area (Å²) in [4.78, 5) is 8.14. The fourth-order valence-corrected chi connectivity index (χ4v) is 3.72. The molecule has 0 saturated heterocycles. The van der Waals surface area contributed by atoms with Gasteiger partial charge in [-0.15, -0.1) is 0 Å². The highest BCUT2D eigenvalue weighted by molar-refractivity contribution is 5.82. The van der Waals surface area contributed by atoms with Crippen molar-refractivity contribution in [3.05, 3.63) is 36.1 Å². The lowest BCUT2D eigenvalue weighted by molar-refractivity contribution is 0.0267. The van der Waals surface area contributed by atoms with E-state index in [1.807, 2.05) is 6.07 Å². The first-order valence-corrected chi connectivity index (χ1v) is 9.53. The van der Waals surface area contributed by atoms with E-state index in [0.717, 1.165) is 5.52 Å². The molecule has 4 rings (SSSR count). The second kappa shape index (κ2) is 7.01. The number of nitrogens with two attached hydrogens (primary N) is 1. The standard InChI is InChI=1S/C20H22N8O2/c1-19(2,29)12-30-16-10-27-15(4-5-24-27)17(25-16)14-9-28(26-18(14)22)20(11-23-3)6-13(7-20)8-21/h4-5,9-10,13,29H,6-7,11-12H2,1-2H3,(H2,22,26). The van der Waals surface area contributed by atoms with E-state index in [-0.39, 0.29) is 24.9 Å². The predicted molar refractivity (Wildman–Crippen MR) is 108 cm³/mol. The van der Waals surface area contributed by atoms with Crippen LogP contribution in [-0.4, -0.2) is 48.2 Å². The molecular formula is C20H22N8O2. The molecule has 0 aliphatic heterocycles. The van der Waals surface area contributed by atoms with Crippen molar-refractivity contribution >= 4 is 11.3 Å². The Kier molecular flexibility index (Phi) is 4.60. The van der Waals surface area contributed by atoms with E-state index in [4.69, 9.17) is 17.0 Å². The summed E-state index contributed by atoms with van der Waals surface area (Å²) in [6.45, 7) is 10.9. The molecule has 0 atom stereocenters. The van der Waals surface area contributed by atoms with Crippen molar-refractivity contribution in [2.45, 2.75) is 37.8 Å². The van der Waals surface area contributed by atoms with Gasteiger partial charge in [0, 0.05) is 6.20 Å². The van der Waals surface area contributed by atoms with Crippen LogP contribution in [0.2, 0.25) is 0 Å². The molecule has 0 bridgehead atoms. The molecular weight excluding hydrogens is 384 g/mol. The zero-order chi connectivity index (χ0) is 21.5. The lowest BCUT2D eigenvalue weighted by Crippen LogP contribution is -2.48. The molecule has 0 amide bonds. The lowest BCUT2D eigenvalue weighted by Gasteiger charge is -2.40. The monoisotopic (exact) mass is 406 g/mol. The zero-order valence-electron chi connectivity index (χ0n) is 16.8. The molecule has 0 aromatic carbocycles. The number of aliphatic hydroxyl groups is 1. The highest BCUT2D eigenvalue weighted by Gasteiger charge is 2.50. The van der Waals surface area contributed by atoms with Crippen LogP contribution in [0.15, 0.2) is 24.7 Å². The van der Waals surface area contributed by atoms with Crippen LogP contribution in [0, 0.1) is 23.8 Å². The summed E-state index contributed by atoms with van der Waals surface area (Å²) in [5.74, 6) is 0.480. The van der Waals surface area contributed by atoms with Gasteiger partial charge in [0.25, 0.3) is 0 Å². The maximum absolute atomic E-state index is 9.95. The van der Waals surface area contributed by atoms with Crippen molar-refractivity contribution in [3.8, 4) is 23.2 Å². The minimum atomic E-state index is -1.02. The number of aromatic nitrogens is 5. The first-order chi connectivity index (χ1) is 14.2. The number of nitrogens with zero attached hydrogens (tertiary/aromatic N) is 7. The van der Waals surface area contributed by atoms with Crippen LogP contribution in [0.4, 0.5) is 5.82 Å². The fourth-order valence-electron chi connectivity index (χ4n) is 3.72. The molecule has 0 radical (unpaired) electrons. The van der Waals surface area contributed by atoms with Gasteiger partial charge in [-0.1, -0.05) is 0 Å². The molecule has 30 heavy (non-hydrogen) atoms. The Labute approximate surface area is 173 Å². The van der Waals surface area contributed by atoms with Gasteiger partial charge in [-0.25, -0.2) is 16.1 Å². The SMILES string of the molecule is [C-]#[N+]CC1(n2cc(-c3nc(OCC(C)(C)O)cn4nccc34)c(N)n2)CC(C#N)C1. The minimum absolute atomic E-state index is 0.0601. The van der Waals surface area contributed by atoms with Gasteiger partial charge in [-0.3, -0.25) is 4.68 Å². The Morgan fingerprint density at radius 2 is 2.23 bits per heavy atom. The molecule has 3 aromatic heterocycles. The Bertz CT molecular complexity index is 1170. The van der Waals surface area contributed by atoms with Gasteiger partial charge in [0.1, 0.15) is 17.8 Å². The number of hydrogen-bond donors (Lipinski definition) is 2. The number of ether oxygens (including phenoxy) is 1. The van der Waals surface area contributed by atoms with E-state index in [9.17, 15) is 10.4 Å². The molecule has 1 saturated carbocycles. The first kappa shape index (κ1) is 19.7. The normalized spacial score (nSPS) is 21.0. The van der Waals surface area contributed by atoms with Gasteiger partial charge in [-0.05, 0) is 32.8 Å². The Morgan fingerprint density at radius 3 is 2.90 bits per heavy atom. The molecule has 3 aromatic rings. The summed E-state index contributed by atoms with van der Waals surface area (Å²) in [7, 11) is 0. The van der Waals surface area contributed by atoms with E-state index in [2.05, 4.69) is 26.1 Å². The van der Waals surface area contributed by atoms with Crippen LogP contribution >= 0.6 is 0 Å². The first-order valence-electron chi connectivity index (χ1n) is 9.53. The van der Waals surface area contributed by atoms with Crippen LogP contribution in [0.25, 0.3) is 21.6 Å². The average molecular weight is 406 g/mol. The number of nitrogen functional groups attached to an aromatic ring is 1. The maximum atomic E-state index is 9.95. The quantitative estimate of drug-likeness (QED) is 0.597. The number of anilines is 1. The van der Waals surface area contributed by atoms with Gasteiger partial charge < -0.3 is 20.4 Å². The molecule has 3 heterocycles. The molecule has 3 N–H and O–H groups in total. The largest absolute Gasteiger partial charge is 0.474 e. The van der Waals surface area contributed by atoms with Crippen molar-refractivity contribution in [1.82, 2.24) is 24.4 Å². The highest BCUT2D eigenvalue weighted by atomic mass is 16.5. The van der Waals surface area contributed by atoms with Crippen molar-refractivity contribution < 1.29 is 9.84 Å². The Hall–Kier alpha value is -3.63. The smallest absolute Gasteiger partial charge is 0.239 e. The summed E-state index contributed by atoms with van der Waals surface area (Å²) in [5, 5.41) is 27.8. The van der Waals surface area contributed by atoms with E-state index in [1.165, 1.54) is 0 Å². The molecule has 10 heteroatoms. The molecule has 0 spiro atoms. The van der Waals surface area contributed by atoms with E-state index < -0.39 is 11.1 Å². The topological polar surface area (TPSA) is 132 Å². The average Bonchev–Trinajstić information content (AvgIpc) is 3.28. The van der Waals surface area contributed by atoms with E-state index >= 15 is 0 Å². The van der Waals surface area contributed by atoms with Crippen molar-refractivity contribution in [2.24, 2.45) is 5.92 Å². The lowest BCUT2D eigenvalue weighted by atomic mass is 9.69. The Morgan fingerprint density at radius 1 is 1.47 bits per heavy atom. The van der Waals surface area contributed by atoms with Crippen molar-refractivity contribution in [1.29, 1.82) is 5.26 Å². The van der Waals surface area contributed by atoms with Crippen LogP contribution in [0.1, 0.15) is 26.7 Å². The zero-order valence-corrected chi connectivity index (χ0v) is 16.8. The maximum Gasteiger partial charge on any atom is 0.239 e. The van der Waals surface area contributed by atoms with Crippen molar-refractivity contribution in [3.63, 3.8) is 0 Å². The van der Waals surface area contributed by atoms with E-state index in [1.54, 1.807) is 41.6 Å². The van der Waals surface area contributed by atoms with Crippen LogP contribution in [-0.2, 0) is 5.54 Å². The minimum Gasteiger partial charge on any atom is -0.474 e. The predicted octanol–water partition coefficient (Wildman–Crippen LogP) is 1.87. The summed E-state index contributed by atoms with van der Waals surface area (Å²) in [5.41, 5.74) is 6.56. The van der Waals surface area contributed by atoms with Crippen molar-refractivity contribution in [2.75, 3.05) is 18.9 Å². The summed E-state index contributed by atoms with van der Waals surface area (Å²) in [6, 6.07) is 4.06. The Balaban J connectivity index is 1.75. The van der Waals surface area contributed by atoms with Gasteiger partial charge in [0.15, 0.2) is 5.82 Å². The van der Waals surface area contributed by atoms with Crippen LogP contribution in [0.3, 0.4) is 0 Å². The second-order valence-corrected chi connectivity index (χ2v) is 8.34. The number of nitriles is 1. The molecule has 0 unspecified atom stereocenters. The van der Waals surface area contributed by atoms with E-state index in [0.29, 0.717) is 30.0 Å². The molecule has 154 valence electrons. The molecule has 1 fully saturated rings. The molecule has 1 aliphatic carbocycles. The summed E-state index contributed by atoms with van der Waals surface area (Å²) >= 11 is 0. The number of fused-ring (bicyclic) bond motifs is 1. The third-order valence-electron chi connectivity index (χ3n) is 5.23. The fraction of sp³-hybridized carbons (Fsp3) is 0.450. The van der Waals surface area contributed by atoms with Gasteiger partial charge in [0.2, 0.25) is 12.4 Å². The summed E-state index contributed by atoms with van der Waals surface area (Å²) < 4.78 is 9.00. The second-order valence-electron chi connectivity index (χ2n) is 8.34. The third-order valence-corrected chi connectivity index (χ3v) is 5.23. The number of rotatable bonds is 6. The number of hydrogen-bond acceptors (Lipinski definition) is 7. The molecule has 10 nitrogen and oxygen atoms in total. The van der Waals surface area contributed by atoms with Crippen LogP contribution in [0.5, 0.6) is 5.88 Å². The van der Waals surface area contributed by atoms with Gasteiger partial charge in [0.05, 0.1) is 41.1 Å². The van der Waals surface area contributed by atoms with Crippen LogP contribution < -0.4 is 10.5 Å². The highest BCUT2D eigenvalue weighted by Crippen LogP contribution is 2.45. The van der Waals surface area contributed by atoms with Gasteiger partial charge >= 0.3 is 0 Å². The third kappa shape index (κ3) is 3.42.